The molecule has 118 valence electrons. The van der Waals surface area contributed by atoms with Crippen LogP contribution in [0.4, 0.5) is 10.1 Å². The van der Waals surface area contributed by atoms with Gasteiger partial charge in [-0.25, -0.2) is 12.8 Å². The molecule has 2 aromatic rings. The van der Waals surface area contributed by atoms with Crippen LogP contribution in [0.1, 0.15) is 15.9 Å². The Bertz CT molecular complexity index is 945. The Morgan fingerprint density at radius 1 is 1.08 bits per heavy atom. The van der Waals surface area contributed by atoms with Gasteiger partial charge in [-0.2, -0.15) is 0 Å². The number of Topliss-reactive ketones (excluding diaryl/α,β-unsaturated/α-hetero) is 1. The monoisotopic (exact) mass is 357 g/mol. The summed E-state index contributed by atoms with van der Waals surface area (Å²) in [4.78, 5) is 24.5. The molecule has 2 aromatic carbocycles. The third-order valence-corrected chi connectivity index (χ3v) is 4.35. The molecule has 0 atom stereocenters. The first-order chi connectivity index (χ1) is 10.8. The molecule has 24 heavy (non-hydrogen) atoms. The maximum atomic E-state index is 13.7. The van der Waals surface area contributed by atoms with Gasteiger partial charge in [-0.1, -0.05) is 18.2 Å². The van der Waals surface area contributed by atoms with Crippen molar-refractivity contribution in [2.75, 3.05) is 4.90 Å². The third-order valence-electron chi connectivity index (χ3n) is 3.52. The number of hydrogen-bond donors (Lipinski definition) is 0. The van der Waals surface area contributed by atoms with Gasteiger partial charge in [0, 0.05) is 5.56 Å². The van der Waals surface area contributed by atoms with E-state index in [-0.39, 0.29) is 52.9 Å². The average molecular weight is 357 g/mol. The fourth-order valence-corrected chi connectivity index (χ4v) is 2.89. The van der Waals surface area contributed by atoms with Crippen LogP contribution in [0.15, 0.2) is 47.4 Å². The van der Waals surface area contributed by atoms with E-state index in [9.17, 15) is 27.0 Å². The molecule has 6 nitrogen and oxygen atoms in total. The van der Waals surface area contributed by atoms with E-state index in [1.165, 1.54) is 24.3 Å². The van der Waals surface area contributed by atoms with E-state index in [2.05, 4.69) is 0 Å². The molecule has 0 saturated heterocycles. The number of carbonyl (C=O) groups is 2. The van der Waals surface area contributed by atoms with Gasteiger partial charge in [0.05, 0.1) is 22.7 Å². The SMILES string of the molecule is O=C1C(=O)N(Cc2ccccc2F)c2ccc(S(=O)(=O)[O-])cc21.[Na+]. The smallest absolute Gasteiger partial charge is 0.744 e. The second-order valence-corrected chi connectivity index (χ2v) is 6.32. The molecule has 9 heteroatoms. The van der Waals surface area contributed by atoms with Gasteiger partial charge < -0.3 is 9.45 Å². The number of nitrogens with zero attached hydrogens (tertiary/aromatic N) is 1. The summed E-state index contributed by atoms with van der Waals surface area (Å²) in [5.41, 5.74) is 0.181. The number of fused-ring (bicyclic) bond motifs is 1. The molecule has 0 bridgehead atoms. The van der Waals surface area contributed by atoms with Crippen LogP contribution in [0.3, 0.4) is 0 Å². The fraction of sp³-hybridized carbons (Fsp3) is 0.0667. The predicted octanol–water partition coefficient (Wildman–Crippen LogP) is -1.54. The summed E-state index contributed by atoms with van der Waals surface area (Å²) in [7, 11) is -4.74. The van der Waals surface area contributed by atoms with Crippen molar-refractivity contribution in [2.45, 2.75) is 11.4 Å². The topological polar surface area (TPSA) is 94.6 Å². The molecule has 1 heterocycles. The summed E-state index contributed by atoms with van der Waals surface area (Å²) in [5, 5.41) is 0. The Morgan fingerprint density at radius 3 is 2.38 bits per heavy atom. The number of hydrogen-bond acceptors (Lipinski definition) is 5. The molecular formula is C15H9FNNaO5S. The van der Waals surface area contributed by atoms with Crippen molar-refractivity contribution in [2.24, 2.45) is 0 Å². The number of amides is 1. The predicted molar refractivity (Wildman–Crippen MR) is 76.3 cm³/mol. The molecule has 0 radical (unpaired) electrons. The zero-order chi connectivity index (χ0) is 16.8. The van der Waals surface area contributed by atoms with Gasteiger partial charge in [-0.05, 0) is 24.3 Å². The molecule has 0 aliphatic carbocycles. The van der Waals surface area contributed by atoms with Crippen LogP contribution in [0.2, 0.25) is 0 Å². The molecular weight excluding hydrogens is 348 g/mol. The van der Waals surface area contributed by atoms with Crippen molar-refractivity contribution in [1.29, 1.82) is 0 Å². The van der Waals surface area contributed by atoms with Crippen LogP contribution in [-0.2, 0) is 21.5 Å². The molecule has 0 saturated carbocycles. The van der Waals surface area contributed by atoms with Gasteiger partial charge in [0.25, 0.3) is 11.7 Å². The van der Waals surface area contributed by atoms with E-state index >= 15 is 0 Å². The molecule has 1 amide bonds. The third kappa shape index (κ3) is 3.28. The van der Waals surface area contributed by atoms with Gasteiger partial charge in [0.15, 0.2) is 0 Å². The molecule has 3 rings (SSSR count). The van der Waals surface area contributed by atoms with Gasteiger partial charge in [0.1, 0.15) is 15.9 Å². The summed E-state index contributed by atoms with van der Waals surface area (Å²) < 4.78 is 46.8. The summed E-state index contributed by atoms with van der Waals surface area (Å²) in [6.07, 6.45) is 0. The first kappa shape index (κ1) is 18.8. The number of benzene rings is 2. The van der Waals surface area contributed by atoms with Crippen molar-refractivity contribution in [3.05, 3.63) is 59.4 Å². The summed E-state index contributed by atoms with van der Waals surface area (Å²) in [6, 6.07) is 8.88. The van der Waals surface area contributed by atoms with E-state index in [0.29, 0.717) is 0 Å². The minimum atomic E-state index is -4.74. The van der Waals surface area contributed by atoms with Gasteiger partial charge in [-0.3, -0.25) is 9.59 Å². The van der Waals surface area contributed by atoms with Crippen LogP contribution in [0.25, 0.3) is 0 Å². The van der Waals surface area contributed by atoms with Crippen molar-refractivity contribution < 1.29 is 56.5 Å². The van der Waals surface area contributed by atoms with Crippen molar-refractivity contribution >= 4 is 27.5 Å². The number of halogens is 1. The Balaban J connectivity index is 0.00000208. The number of ketones is 1. The molecule has 1 aliphatic rings. The standard InChI is InChI=1S/C15H10FNO5S.Na/c16-12-4-2-1-3-9(12)8-17-13-6-5-10(23(20,21)22)7-11(13)14(18)15(17)19;/h1-7H,8H2,(H,20,21,22);/q;+1/p-1. The summed E-state index contributed by atoms with van der Waals surface area (Å²) in [5.74, 6) is -2.36. The molecule has 0 spiro atoms. The van der Waals surface area contributed by atoms with Crippen molar-refractivity contribution in [3.8, 4) is 0 Å². The van der Waals surface area contributed by atoms with Gasteiger partial charge >= 0.3 is 29.6 Å². The molecule has 0 N–H and O–H groups in total. The average Bonchev–Trinajstić information content (AvgIpc) is 2.73. The van der Waals surface area contributed by atoms with E-state index in [0.717, 1.165) is 17.0 Å². The summed E-state index contributed by atoms with van der Waals surface area (Å²) in [6.45, 7) is -0.173. The summed E-state index contributed by atoms with van der Waals surface area (Å²) >= 11 is 0. The zero-order valence-electron chi connectivity index (χ0n) is 12.5. The van der Waals surface area contributed by atoms with E-state index in [1.807, 2.05) is 0 Å². The van der Waals surface area contributed by atoms with Gasteiger partial charge in [0.2, 0.25) is 0 Å². The van der Waals surface area contributed by atoms with Crippen molar-refractivity contribution in [3.63, 3.8) is 0 Å². The second kappa shape index (κ2) is 6.73. The normalized spacial score (nSPS) is 13.7. The first-order valence-electron chi connectivity index (χ1n) is 6.48. The molecule has 1 aliphatic heterocycles. The molecule has 0 aromatic heterocycles. The van der Waals surface area contributed by atoms with Crippen LogP contribution in [-0.4, -0.2) is 24.7 Å². The van der Waals surface area contributed by atoms with Crippen LogP contribution in [0, 0.1) is 5.82 Å². The Kier molecular flexibility index (Phi) is 5.26. The minimum Gasteiger partial charge on any atom is -0.744 e. The number of rotatable bonds is 3. The molecule has 0 unspecified atom stereocenters. The fourth-order valence-electron chi connectivity index (χ4n) is 2.39. The second-order valence-electron chi connectivity index (χ2n) is 4.94. The van der Waals surface area contributed by atoms with E-state index < -0.39 is 32.5 Å². The van der Waals surface area contributed by atoms with Crippen molar-refractivity contribution in [1.82, 2.24) is 0 Å². The van der Waals surface area contributed by atoms with E-state index in [4.69, 9.17) is 0 Å². The quantitative estimate of drug-likeness (QED) is 0.377. The largest absolute Gasteiger partial charge is 1.00 e. The Hall–Kier alpha value is -1.58. The van der Waals surface area contributed by atoms with Crippen LogP contribution in [0.5, 0.6) is 0 Å². The maximum absolute atomic E-state index is 13.7. The van der Waals surface area contributed by atoms with Crippen LogP contribution < -0.4 is 34.5 Å². The van der Waals surface area contributed by atoms with E-state index in [1.54, 1.807) is 6.07 Å². The van der Waals surface area contributed by atoms with Gasteiger partial charge in [-0.15, -0.1) is 0 Å². The van der Waals surface area contributed by atoms with Crippen LogP contribution >= 0.6 is 0 Å². The minimum absolute atomic E-state index is 0. The zero-order valence-corrected chi connectivity index (χ0v) is 15.3. The number of carbonyl (C=O) groups excluding carboxylic acids is 2. The Labute approximate surface area is 159 Å². The Morgan fingerprint density at radius 2 is 1.75 bits per heavy atom. The first-order valence-corrected chi connectivity index (χ1v) is 7.89. The number of anilines is 1. The maximum Gasteiger partial charge on any atom is 1.00 e. The molecule has 0 fully saturated rings.